The number of aromatic nitrogens is 3. The van der Waals surface area contributed by atoms with Crippen molar-refractivity contribution >= 4 is 55.9 Å². The van der Waals surface area contributed by atoms with Gasteiger partial charge in [0.15, 0.2) is 15.6 Å². The highest BCUT2D eigenvalue weighted by Gasteiger charge is 2.26. The van der Waals surface area contributed by atoms with E-state index in [9.17, 15) is 9.59 Å². The Bertz CT molecular complexity index is 1140. The zero-order valence-electron chi connectivity index (χ0n) is 17.8. The Labute approximate surface area is 202 Å². The number of ether oxygens (including phenoxy) is 1. The summed E-state index contributed by atoms with van der Waals surface area (Å²) in [6.07, 6.45) is 5.05. The van der Waals surface area contributed by atoms with Gasteiger partial charge in [-0.1, -0.05) is 18.2 Å². The van der Waals surface area contributed by atoms with E-state index in [1.165, 1.54) is 35.1 Å². The molecule has 0 unspecified atom stereocenters. The van der Waals surface area contributed by atoms with Crippen LogP contribution in [0.3, 0.4) is 0 Å². The summed E-state index contributed by atoms with van der Waals surface area (Å²) in [6, 6.07) is 3.61. The fourth-order valence-corrected chi connectivity index (χ4v) is 6.14. The lowest BCUT2D eigenvalue weighted by molar-refractivity contribution is -0.113. The number of hydrogen-bond donors (Lipinski definition) is 1. The largest absolute Gasteiger partial charge is 0.465 e. The maximum Gasteiger partial charge on any atom is 0.341 e. The fraction of sp³-hybridized carbons (Fsp3) is 0.429. The van der Waals surface area contributed by atoms with Crippen molar-refractivity contribution < 1.29 is 18.7 Å². The average molecular weight is 539 g/mol. The summed E-state index contributed by atoms with van der Waals surface area (Å²) in [5.74, 6) is 0.752. The van der Waals surface area contributed by atoms with E-state index in [-0.39, 0.29) is 11.7 Å². The molecule has 4 rings (SSSR count). The molecule has 8 nitrogen and oxygen atoms in total. The van der Waals surface area contributed by atoms with Crippen molar-refractivity contribution in [3.63, 3.8) is 0 Å². The van der Waals surface area contributed by atoms with Crippen LogP contribution in [0.2, 0.25) is 0 Å². The van der Waals surface area contributed by atoms with Gasteiger partial charge in [0.05, 0.1) is 18.4 Å². The number of thioether (sulfide) groups is 1. The van der Waals surface area contributed by atoms with Crippen LogP contribution in [0, 0.1) is 0 Å². The molecule has 0 atom stereocenters. The number of furan rings is 1. The van der Waals surface area contributed by atoms with Crippen molar-refractivity contribution in [3.05, 3.63) is 32.8 Å². The molecule has 0 radical (unpaired) electrons. The molecular formula is C21H23BrN4O4S2. The zero-order valence-corrected chi connectivity index (χ0v) is 21.0. The minimum Gasteiger partial charge on any atom is -0.465 e. The first-order valence-corrected chi connectivity index (χ1v) is 13.0. The molecule has 32 heavy (non-hydrogen) atoms. The van der Waals surface area contributed by atoms with E-state index in [0.717, 1.165) is 37.7 Å². The molecule has 0 aromatic carbocycles. The number of rotatable bonds is 7. The molecule has 1 aliphatic carbocycles. The van der Waals surface area contributed by atoms with Gasteiger partial charge in [-0.2, -0.15) is 0 Å². The number of halogens is 1. The Morgan fingerprint density at radius 3 is 2.81 bits per heavy atom. The lowest BCUT2D eigenvalue weighted by Gasteiger charge is -2.08. The molecule has 1 N–H and O–H groups in total. The van der Waals surface area contributed by atoms with Crippen LogP contribution < -0.4 is 5.32 Å². The van der Waals surface area contributed by atoms with Crippen LogP contribution in [0.15, 0.2) is 26.4 Å². The molecule has 0 bridgehead atoms. The fourth-order valence-electron chi connectivity index (χ4n) is 3.74. The highest BCUT2D eigenvalue weighted by atomic mass is 79.9. The van der Waals surface area contributed by atoms with E-state index in [1.54, 1.807) is 6.07 Å². The van der Waals surface area contributed by atoms with Gasteiger partial charge >= 0.3 is 5.97 Å². The number of aryl methyl sites for hydroxylation is 1. The zero-order chi connectivity index (χ0) is 22.7. The quantitative estimate of drug-likeness (QED) is 0.251. The predicted octanol–water partition coefficient (Wildman–Crippen LogP) is 5.17. The second-order valence-corrected chi connectivity index (χ2v) is 10.1. The molecule has 0 spiro atoms. The number of anilines is 1. The monoisotopic (exact) mass is 538 g/mol. The van der Waals surface area contributed by atoms with Crippen LogP contribution in [0.5, 0.6) is 0 Å². The number of carbonyl (C=O) groups excluding carboxylic acids is 2. The van der Waals surface area contributed by atoms with Gasteiger partial charge in [-0.15, -0.1) is 21.5 Å². The molecule has 170 valence electrons. The summed E-state index contributed by atoms with van der Waals surface area (Å²) in [5, 5.41) is 12.6. The van der Waals surface area contributed by atoms with E-state index in [4.69, 9.17) is 9.15 Å². The van der Waals surface area contributed by atoms with Crippen LogP contribution >= 0.6 is 39.0 Å². The summed E-state index contributed by atoms with van der Waals surface area (Å²) in [6.45, 7) is 2.62. The standard InChI is InChI=1S/C21H23BrN4O4S2/c1-3-26-18(13-9-10-15(22)30-13)24-25-21(26)31-11-16(27)23-19-17(20(28)29-2)12-7-5-4-6-8-14(12)32-19/h9-10H,3-8,11H2,1-2H3,(H,23,27). The molecule has 11 heteroatoms. The van der Waals surface area contributed by atoms with Crippen molar-refractivity contribution in [3.8, 4) is 11.6 Å². The highest BCUT2D eigenvalue weighted by molar-refractivity contribution is 9.10. The molecule has 1 amide bonds. The smallest absolute Gasteiger partial charge is 0.341 e. The van der Waals surface area contributed by atoms with Gasteiger partial charge in [-0.05, 0) is 66.2 Å². The third-order valence-corrected chi connectivity index (χ3v) is 7.82. The van der Waals surface area contributed by atoms with Crippen molar-refractivity contribution in [2.45, 2.75) is 50.7 Å². The van der Waals surface area contributed by atoms with Crippen LogP contribution in [-0.2, 0) is 28.9 Å². The van der Waals surface area contributed by atoms with Gasteiger partial charge in [0.2, 0.25) is 11.7 Å². The van der Waals surface area contributed by atoms with Crippen LogP contribution in [0.4, 0.5) is 5.00 Å². The van der Waals surface area contributed by atoms with Gasteiger partial charge in [0.25, 0.3) is 0 Å². The molecule has 3 aromatic rings. The van der Waals surface area contributed by atoms with Crippen molar-refractivity contribution in [1.82, 2.24) is 14.8 Å². The van der Waals surface area contributed by atoms with Gasteiger partial charge < -0.3 is 14.5 Å². The Balaban J connectivity index is 1.48. The average Bonchev–Trinajstić information content (AvgIpc) is 3.44. The number of esters is 1. The minimum absolute atomic E-state index is 0.142. The van der Waals surface area contributed by atoms with Crippen molar-refractivity contribution in [1.29, 1.82) is 0 Å². The van der Waals surface area contributed by atoms with E-state index in [0.29, 0.717) is 38.5 Å². The Morgan fingerprint density at radius 1 is 1.28 bits per heavy atom. The van der Waals surface area contributed by atoms with Crippen LogP contribution in [0.1, 0.15) is 47.0 Å². The SMILES string of the molecule is CCn1c(SCC(=O)Nc2sc3c(c2C(=O)OC)CCCCC3)nnc1-c1ccc(Br)o1. The van der Waals surface area contributed by atoms with Crippen molar-refractivity contribution in [2.24, 2.45) is 0 Å². The second-order valence-electron chi connectivity index (χ2n) is 7.25. The van der Waals surface area contributed by atoms with Gasteiger partial charge in [0, 0.05) is 11.4 Å². The second kappa shape index (κ2) is 10.2. The first-order valence-electron chi connectivity index (χ1n) is 10.4. The molecular weight excluding hydrogens is 516 g/mol. The van der Waals surface area contributed by atoms with Gasteiger partial charge in [0.1, 0.15) is 5.00 Å². The number of nitrogens with zero attached hydrogens (tertiary/aromatic N) is 3. The summed E-state index contributed by atoms with van der Waals surface area (Å²) in [4.78, 5) is 26.4. The third kappa shape index (κ3) is 4.79. The van der Waals surface area contributed by atoms with Crippen LogP contribution in [0.25, 0.3) is 11.6 Å². The first kappa shape index (κ1) is 23.1. The number of hydrogen-bond acceptors (Lipinski definition) is 8. The third-order valence-electron chi connectivity index (χ3n) is 5.22. The summed E-state index contributed by atoms with van der Waals surface area (Å²) in [7, 11) is 1.37. The lowest BCUT2D eigenvalue weighted by Crippen LogP contribution is -2.16. The number of carbonyl (C=O) groups is 2. The molecule has 0 saturated heterocycles. The highest BCUT2D eigenvalue weighted by Crippen LogP contribution is 2.38. The van der Waals surface area contributed by atoms with E-state index >= 15 is 0 Å². The lowest BCUT2D eigenvalue weighted by atomic mass is 10.1. The molecule has 3 aromatic heterocycles. The van der Waals surface area contributed by atoms with Gasteiger partial charge in [-0.25, -0.2) is 4.79 Å². The maximum atomic E-state index is 12.7. The normalized spacial score (nSPS) is 13.5. The predicted molar refractivity (Wildman–Crippen MR) is 127 cm³/mol. The van der Waals surface area contributed by atoms with Crippen molar-refractivity contribution in [2.75, 3.05) is 18.2 Å². The summed E-state index contributed by atoms with van der Waals surface area (Å²) in [5.41, 5.74) is 1.54. The minimum atomic E-state index is -0.396. The summed E-state index contributed by atoms with van der Waals surface area (Å²) >= 11 is 6.08. The van der Waals surface area contributed by atoms with Crippen LogP contribution in [-0.4, -0.2) is 39.5 Å². The Hall–Kier alpha value is -2.11. The number of nitrogens with one attached hydrogen (secondary N) is 1. The number of thiophene rings is 1. The Morgan fingerprint density at radius 2 is 2.09 bits per heavy atom. The molecule has 1 aliphatic rings. The van der Waals surface area contributed by atoms with E-state index in [2.05, 4.69) is 31.4 Å². The molecule has 3 heterocycles. The molecule has 0 saturated carbocycles. The maximum absolute atomic E-state index is 12.7. The van der Waals surface area contributed by atoms with Gasteiger partial charge in [-0.3, -0.25) is 9.36 Å². The molecule has 0 fully saturated rings. The first-order chi connectivity index (χ1) is 15.5. The Kier molecular flexibility index (Phi) is 7.37. The number of methoxy groups -OCH3 is 1. The number of fused-ring (bicyclic) bond motifs is 1. The van der Waals surface area contributed by atoms with E-state index in [1.807, 2.05) is 17.6 Å². The number of amides is 1. The van der Waals surface area contributed by atoms with E-state index < -0.39 is 5.97 Å². The molecule has 0 aliphatic heterocycles. The topological polar surface area (TPSA) is 99.2 Å². The summed E-state index contributed by atoms with van der Waals surface area (Å²) < 4.78 is 13.1.